The van der Waals surface area contributed by atoms with E-state index in [1.165, 1.54) is 48.6 Å². The Balaban J connectivity index is 1.05. The second kappa shape index (κ2) is 19.7. The second-order valence-electron chi connectivity index (χ2n) is 14.1. The van der Waals surface area contributed by atoms with E-state index in [9.17, 15) is 25.9 Å². The van der Waals surface area contributed by atoms with E-state index in [0.717, 1.165) is 0 Å². The highest BCUT2D eigenvalue weighted by atomic mass is 32.2. The lowest BCUT2D eigenvalue weighted by molar-refractivity contribution is 0.0492. The lowest BCUT2D eigenvalue weighted by Crippen LogP contribution is -2.40. The summed E-state index contributed by atoms with van der Waals surface area (Å²) in [7, 11) is -9.70. The van der Waals surface area contributed by atoms with Crippen molar-refractivity contribution < 1.29 is 35.4 Å². The zero-order chi connectivity index (χ0) is 44.5. The van der Waals surface area contributed by atoms with Gasteiger partial charge in [-0.1, -0.05) is 60.7 Å². The predicted molar refractivity (Wildman–Crippen MR) is 239 cm³/mol. The molecule has 332 valence electrons. The summed E-state index contributed by atoms with van der Waals surface area (Å²) in [4.78, 5) is 25.8. The molecule has 0 aliphatic carbocycles. The third-order valence-corrected chi connectivity index (χ3v) is 11.2. The van der Waals surface area contributed by atoms with Gasteiger partial charge in [0.1, 0.15) is 9.79 Å². The summed E-state index contributed by atoms with van der Waals surface area (Å²) in [5.74, 6) is 0.872. The number of anilines is 10. The molecule has 8 rings (SSSR count). The lowest BCUT2D eigenvalue weighted by atomic mass is 10.1. The Morgan fingerprint density at radius 1 is 0.453 bits per heavy atom. The molecule has 0 amide bonds. The lowest BCUT2D eigenvalue weighted by Gasteiger charge is -2.27. The molecule has 0 radical (unpaired) electrons. The van der Waals surface area contributed by atoms with Crippen LogP contribution in [0.2, 0.25) is 0 Å². The fraction of sp³-hybridized carbons (Fsp3) is 0.200. The molecular formula is C40H42N14O8S2. The molecule has 2 fully saturated rings. The molecule has 8 N–H and O–H groups in total. The van der Waals surface area contributed by atoms with Gasteiger partial charge in [0.2, 0.25) is 35.7 Å². The van der Waals surface area contributed by atoms with Crippen LogP contribution in [0.4, 0.5) is 58.4 Å². The van der Waals surface area contributed by atoms with Gasteiger partial charge in [0.05, 0.1) is 26.4 Å². The van der Waals surface area contributed by atoms with Gasteiger partial charge >= 0.3 is 0 Å². The summed E-state index contributed by atoms with van der Waals surface area (Å²) in [6.45, 7) is 4.40. The maximum absolute atomic E-state index is 12.7. The van der Waals surface area contributed by atoms with Crippen molar-refractivity contribution in [1.29, 1.82) is 0 Å². The number of para-hydroxylation sites is 2. The molecule has 2 aliphatic heterocycles. The zero-order valence-electron chi connectivity index (χ0n) is 33.8. The Morgan fingerprint density at radius 3 is 1.12 bits per heavy atom. The van der Waals surface area contributed by atoms with Gasteiger partial charge in [-0.3, -0.25) is 20.0 Å². The van der Waals surface area contributed by atoms with Crippen LogP contribution in [0.25, 0.3) is 12.2 Å². The van der Waals surface area contributed by atoms with Crippen LogP contribution in [0, 0.1) is 0 Å². The Morgan fingerprint density at radius 2 is 0.781 bits per heavy atom. The van der Waals surface area contributed by atoms with Crippen LogP contribution in [-0.2, 0) is 29.7 Å². The van der Waals surface area contributed by atoms with Gasteiger partial charge in [0, 0.05) is 48.9 Å². The fourth-order valence-corrected chi connectivity index (χ4v) is 7.81. The Labute approximate surface area is 367 Å². The van der Waals surface area contributed by atoms with E-state index in [4.69, 9.17) is 9.47 Å². The molecule has 6 aromatic rings. The number of nitrogens with one attached hydrogen (secondary N) is 6. The number of hydrogen-bond acceptors (Lipinski definition) is 20. The van der Waals surface area contributed by atoms with Crippen LogP contribution >= 0.6 is 0 Å². The number of nitrogens with zero attached hydrogens (tertiary/aromatic N) is 8. The van der Waals surface area contributed by atoms with E-state index < -0.39 is 30.0 Å². The molecule has 0 unspecified atom stereocenters. The molecule has 22 nitrogen and oxygen atoms in total. The summed E-state index contributed by atoms with van der Waals surface area (Å²) < 4.78 is 82.5. The van der Waals surface area contributed by atoms with Crippen LogP contribution in [0.3, 0.4) is 0 Å². The largest absolute Gasteiger partial charge is 0.379 e. The van der Waals surface area contributed by atoms with E-state index in [0.29, 0.717) is 64.0 Å². The maximum Gasteiger partial charge on any atom is 0.295 e. The van der Waals surface area contributed by atoms with Gasteiger partial charge in [0.25, 0.3) is 20.2 Å². The van der Waals surface area contributed by atoms with E-state index >= 15 is 0 Å². The van der Waals surface area contributed by atoms with Crippen LogP contribution in [0.1, 0.15) is 11.1 Å². The third-order valence-electron chi connectivity index (χ3n) is 9.41. The van der Waals surface area contributed by atoms with Crippen LogP contribution in [-0.4, -0.2) is 118 Å². The third kappa shape index (κ3) is 12.0. The minimum absolute atomic E-state index is 0.00257. The molecule has 0 bridgehead atoms. The first-order valence-electron chi connectivity index (χ1n) is 19.7. The van der Waals surface area contributed by atoms with Crippen molar-refractivity contribution in [2.75, 3.05) is 84.7 Å². The number of rotatable bonds is 16. The topological polar surface area (TPSA) is 283 Å². The van der Waals surface area contributed by atoms with E-state index in [1.54, 1.807) is 0 Å². The van der Waals surface area contributed by atoms with Crippen LogP contribution < -0.4 is 32.1 Å². The summed E-state index contributed by atoms with van der Waals surface area (Å²) in [5, 5.41) is 16.0. The molecular weight excluding hydrogens is 869 g/mol. The molecule has 0 spiro atoms. The highest BCUT2D eigenvalue weighted by Crippen LogP contribution is 2.29. The number of morpholine rings is 2. The SMILES string of the molecule is O=S(=O)(O)c1cc(Nc2nc(Nc3ccccc3)nc(NN3CCOCC3)n2)ccc1C=Cc1ccc(Nc2nc(Nc3ccccc3)nc(NN3CCOCC3)n2)cc1S(=O)(=O)O. The quantitative estimate of drug-likeness (QED) is 0.0468. The maximum atomic E-state index is 12.7. The predicted octanol–water partition coefficient (Wildman–Crippen LogP) is 5.01. The number of hydrazine groups is 2. The smallest absolute Gasteiger partial charge is 0.295 e. The standard InChI is InChI=1S/C40H42N14O8S2/c55-63(56,57)33-25-31(43-37-45-35(41-29-7-3-1-4-8-29)47-39(49-37)51-53-17-21-61-22-18-53)15-13-27(33)11-12-28-14-16-32(26-34(28)64(58,59)60)44-38-46-36(42-30-9-5-2-6-10-30)48-40(50-38)52-54-19-23-62-24-20-54/h1-16,25-26H,17-24H2,(H,55,56,57)(H,58,59,60)(H3,41,43,45,47,49,51)(H3,42,44,46,48,50,52). The van der Waals surface area contributed by atoms with E-state index in [-0.39, 0.29) is 58.2 Å². The molecule has 4 heterocycles. The monoisotopic (exact) mass is 910 g/mol. The summed E-state index contributed by atoms with van der Waals surface area (Å²) in [5.41, 5.74) is 8.10. The average Bonchev–Trinajstić information content (AvgIpc) is 3.27. The summed E-state index contributed by atoms with van der Waals surface area (Å²) >= 11 is 0. The zero-order valence-corrected chi connectivity index (χ0v) is 35.4. The first kappa shape index (κ1) is 43.7. The second-order valence-corrected chi connectivity index (χ2v) is 16.8. The molecule has 64 heavy (non-hydrogen) atoms. The van der Waals surface area contributed by atoms with Gasteiger partial charge in [-0.25, -0.2) is 10.0 Å². The van der Waals surface area contributed by atoms with Crippen LogP contribution in [0.5, 0.6) is 0 Å². The number of ether oxygens (including phenoxy) is 2. The molecule has 24 heteroatoms. The Hall–Kier alpha value is -6.90. The van der Waals surface area contributed by atoms with Crippen molar-refractivity contribution in [3.63, 3.8) is 0 Å². The number of benzene rings is 4. The minimum atomic E-state index is -4.85. The van der Waals surface area contributed by atoms with Crippen molar-refractivity contribution >= 4 is 90.8 Å². The van der Waals surface area contributed by atoms with Crippen molar-refractivity contribution in [3.8, 4) is 0 Å². The van der Waals surface area contributed by atoms with Crippen molar-refractivity contribution in [2.45, 2.75) is 9.79 Å². The average molecular weight is 911 g/mol. The van der Waals surface area contributed by atoms with Gasteiger partial charge in [-0.05, 0) is 59.7 Å². The molecule has 2 aromatic heterocycles. The first-order chi connectivity index (χ1) is 30.9. The molecule has 4 aromatic carbocycles. The first-order valence-corrected chi connectivity index (χ1v) is 22.6. The summed E-state index contributed by atoms with van der Waals surface area (Å²) in [6.07, 6.45) is 2.58. The molecule has 0 atom stereocenters. The Bertz CT molecular complexity index is 2640. The molecule has 0 saturated carbocycles. The van der Waals surface area contributed by atoms with Gasteiger partial charge in [-0.2, -0.15) is 46.7 Å². The van der Waals surface area contributed by atoms with Gasteiger partial charge in [-0.15, -0.1) is 0 Å². The van der Waals surface area contributed by atoms with E-state index in [1.807, 2.05) is 70.7 Å². The Kier molecular flexibility index (Phi) is 13.4. The molecule has 2 aliphatic rings. The van der Waals surface area contributed by atoms with E-state index in [2.05, 4.69) is 62.0 Å². The number of hydrogen-bond donors (Lipinski definition) is 8. The summed E-state index contributed by atoms with van der Waals surface area (Å²) in [6, 6.07) is 26.6. The highest BCUT2D eigenvalue weighted by Gasteiger charge is 2.20. The van der Waals surface area contributed by atoms with Crippen molar-refractivity contribution in [1.82, 2.24) is 39.9 Å². The normalized spacial score (nSPS) is 15.1. The number of aromatic nitrogens is 6. The highest BCUT2D eigenvalue weighted by molar-refractivity contribution is 7.86. The van der Waals surface area contributed by atoms with Gasteiger partial charge < -0.3 is 30.7 Å². The minimum Gasteiger partial charge on any atom is -0.379 e. The van der Waals surface area contributed by atoms with Crippen molar-refractivity contribution in [2.24, 2.45) is 0 Å². The fourth-order valence-electron chi connectivity index (χ4n) is 6.39. The molecule has 2 saturated heterocycles. The van der Waals surface area contributed by atoms with Crippen molar-refractivity contribution in [3.05, 3.63) is 108 Å². The van der Waals surface area contributed by atoms with Gasteiger partial charge in [0.15, 0.2) is 0 Å². The van der Waals surface area contributed by atoms with Crippen LogP contribution in [0.15, 0.2) is 107 Å².